The average Bonchev–Trinajstić information content (AvgIpc) is 3.42. The SMILES string of the molecule is CC(C(=O)Nc1ccc(Cl)cc1)N1CCC(NC(=O)C2CC2)CC1. The van der Waals surface area contributed by atoms with Crippen LogP contribution in [0.2, 0.25) is 5.02 Å². The lowest BCUT2D eigenvalue weighted by molar-refractivity contribution is -0.124. The van der Waals surface area contributed by atoms with Gasteiger partial charge in [0, 0.05) is 35.8 Å². The second-order valence-corrected chi connectivity index (χ2v) is 7.20. The highest BCUT2D eigenvalue weighted by Crippen LogP contribution is 2.29. The van der Waals surface area contributed by atoms with Gasteiger partial charge in [-0.1, -0.05) is 11.6 Å². The molecule has 0 radical (unpaired) electrons. The van der Waals surface area contributed by atoms with Crippen LogP contribution >= 0.6 is 11.6 Å². The fraction of sp³-hybridized carbons (Fsp3) is 0.556. The number of nitrogens with zero attached hydrogens (tertiary/aromatic N) is 1. The van der Waals surface area contributed by atoms with Crippen LogP contribution in [0.5, 0.6) is 0 Å². The van der Waals surface area contributed by atoms with Crippen LogP contribution in [0.15, 0.2) is 24.3 Å². The van der Waals surface area contributed by atoms with Crippen molar-refractivity contribution in [2.45, 2.75) is 44.7 Å². The van der Waals surface area contributed by atoms with Gasteiger partial charge in [0.2, 0.25) is 11.8 Å². The normalized spacial score (nSPS) is 20.4. The van der Waals surface area contributed by atoms with Crippen LogP contribution in [0.1, 0.15) is 32.6 Å². The van der Waals surface area contributed by atoms with Crippen LogP contribution in [0.25, 0.3) is 0 Å². The molecule has 1 aliphatic carbocycles. The first kappa shape index (κ1) is 17.2. The topological polar surface area (TPSA) is 61.4 Å². The summed E-state index contributed by atoms with van der Waals surface area (Å²) in [5.41, 5.74) is 0.753. The molecule has 130 valence electrons. The number of likely N-dealkylation sites (tertiary alicyclic amines) is 1. The Bertz CT molecular complexity index is 593. The van der Waals surface area contributed by atoms with Crippen LogP contribution in [0.3, 0.4) is 0 Å². The van der Waals surface area contributed by atoms with Gasteiger partial charge in [-0.2, -0.15) is 0 Å². The van der Waals surface area contributed by atoms with Crippen molar-refractivity contribution < 1.29 is 9.59 Å². The van der Waals surface area contributed by atoms with E-state index >= 15 is 0 Å². The molecule has 1 unspecified atom stereocenters. The molecular weight excluding hydrogens is 326 g/mol. The fourth-order valence-electron chi connectivity index (χ4n) is 3.04. The van der Waals surface area contributed by atoms with E-state index in [-0.39, 0.29) is 29.8 Å². The Kier molecular flexibility index (Phi) is 5.41. The number of rotatable bonds is 5. The van der Waals surface area contributed by atoms with Crippen molar-refractivity contribution in [3.8, 4) is 0 Å². The van der Waals surface area contributed by atoms with E-state index < -0.39 is 0 Å². The molecule has 24 heavy (non-hydrogen) atoms. The van der Waals surface area contributed by atoms with E-state index in [0.717, 1.165) is 44.5 Å². The summed E-state index contributed by atoms with van der Waals surface area (Å²) in [5.74, 6) is 0.451. The van der Waals surface area contributed by atoms with Crippen LogP contribution in [-0.4, -0.2) is 41.9 Å². The van der Waals surface area contributed by atoms with Gasteiger partial charge >= 0.3 is 0 Å². The van der Waals surface area contributed by atoms with E-state index in [2.05, 4.69) is 15.5 Å². The van der Waals surface area contributed by atoms with Crippen molar-refractivity contribution in [3.63, 3.8) is 0 Å². The molecule has 2 fully saturated rings. The predicted octanol–water partition coefficient (Wildman–Crippen LogP) is 2.66. The van der Waals surface area contributed by atoms with E-state index in [1.54, 1.807) is 24.3 Å². The second kappa shape index (κ2) is 7.53. The van der Waals surface area contributed by atoms with Crippen molar-refractivity contribution in [1.29, 1.82) is 0 Å². The first-order chi connectivity index (χ1) is 11.5. The first-order valence-corrected chi connectivity index (χ1v) is 9.01. The molecule has 3 rings (SSSR count). The number of carbonyl (C=O) groups excluding carboxylic acids is 2. The molecule has 0 aromatic heterocycles. The van der Waals surface area contributed by atoms with E-state index in [1.807, 2.05) is 6.92 Å². The molecule has 0 spiro atoms. The third kappa shape index (κ3) is 4.48. The van der Waals surface area contributed by atoms with Crippen molar-refractivity contribution in [2.75, 3.05) is 18.4 Å². The number of carbonyl (C=O) groups is 2. The van der Waals surface area contributed by atoms with Crippen LogP contribution in [0.4, 0.5) is 5.69 Å². The van der Waals surface area contributed by atoms with Gasteiger partial charge in [-0.05, 0) is 56.9 Å². The zero-order valence-electron chi connectivity index (χ0n) is 13.9. The molecule has 2 aliphatic rings. The molecular formula is C18H24ClN3O2. The highest BCUT2D eigenvalue weighted by Gasteiger charge is 2.32. The largest absolute Gasteiger partial charge is 0.353 e. The highest BCUT2D eigenvalue weighted by molar-refractivity contribution is 6.30. The number of amides is 2. The maximum atomic E-state index is 12.4. The maximum Gasteiger partial charge on any atom is 0.241 e. The molecule has 5 nitrogen and oxygen atoms in total. The summed E-state index contributed by atoms with van der Waals surface area (Å²) < 4.78 is 0. The quantitative estimate of drug-likeness (QED) is 0.859. The number of halogens is 1. The number of nitrogens with one attached hydrogen (secondary N) is 2. The Hall–Kier alpha value is -1.59. The number of hydrogen-bond acceptors (Lipinski definition) is 3. The molecule has 0 bridgehead atoms. The first-order valence-electron chi connectivity index (χ1n) is 8.64. The van der Waals surface area contributed by atoms with Gasteiger partial charge in [0.05, 0.1) is 6.04 Å². The van der Waals surface area contributed by atoms with Crippen LogP contribution in [0, 0.1) is 5.92 Å². The Labute approximate surface area is 147 Å². The summed E-state index contributed by atoms with van der Waals surface area (Å²) in [5, 5.41) is 6.71. The van der Waals surface area contributed by atoms with Crippen molar-refractivity contribution >= 4 is 29.1 Å². The van der Waals surface area contributed by atoms with E-state index in [9.17, 15) is 9.59 Å². The molecule has 1 heterocycles. The average molecular weight is 350 g/mol. The number of piperidine rings is 1. The zero-order chi connectivity index (χ0) is 17.1. The van der Waals surface area contributed by atoms with Crippen molar-refractivity contribution in [3.05, 3.63) is 29.3 Å². The lowest BCUT2D eigenvalue weighted by Crippen LogP contribution is -2.50. The molecule has 1 aromatic rings. The van der Waals surface area contributed by atoms with Gasteiger partial charge < -0.3 is 10.6 Å². The van der Waals surface area contributed by atoms with Gasteiger partial charge in [0.15, 0.2) is 0 Å². The molecule has 1 saturated carbocycles. The maximum absolute atomic E-state index is 12.4. The van der Waals surface area contributed by atoms with E-state index in [4.69, 9.17) is 11.6 Å². The molecule has 1 aromatic carbocycles. The lowest BCUT2D eigenvalue weighted by atomic mass is 10.0. The second-order valence-electron chi connectivity index (χ2n) is 6.77. The summed E-state index contributed by atoms with van der Waals surface area (Å²) >= 11 is 5.85. The molecule has 2 amide bonds. The molecule has 2 N–H and O–H groups in total. The Morgan fingerprint density at radius 3 is 2.33 bits per heavy atom. The minimum Gasteiger partial charge on any atom is -0.353 e. The summed E-state index contributed by atoms with van der Waals surface area (Å²) in [4.78, 5) is 26.4. The molecule has 6 heteroatoms. The standard InChI is InChI=1S/C18H24ClN3O2/c1-12(17(23)20-15-6-4-14(19)5-7-15)22-10-8-16(9-11-22)21-18(24)13-2-3-13/h4-7,12-13,16H,2-3,8-11H2,1H3,(H,20,23)(H,21,24). The summed E-state index contributed by atoms with van der Waals surface area (Å²) in [6.45, 7) is 3.57. The molecule has 1 saturated heterocycles. The third-order valence-electron chi connectivity index (χ3n) is 4.86. The summed E-state index contributed by atoms with van der Waals surface area (Å²) in [6, 6.07) is 7.17. The Balaban J connectivity index is 1.45. The van der Waals surface area contributed by atoms with Gasteiger partial charge in [-0.15, -0.1) is 0 Å². The van der Waals surface area contributed by atoms with Gasteiger partial charge in [-0.3, -0.25) is 14.5 Å². The van der Waals surface area contributed by atoms with Gasteiger partial charge in [-0.25, -0.2) is 0 Å². The van der Waals surface area contributed by atoms with Crippen LogP contribution in [-0.2, 0) is 9.59 Å². The zero-order valence-corrected chi connectivity index (χ0v) is 14.7. The number of benzene rings is 1. The van der Waals surface area contributed by atoms with E-state index in [1.165, 1.54) is 0 Å². The minimum absolute atomic E-state index is 0.0159. The fourth-order valence-corrected chi connectivity index (χ4v) is 3.17. The Morgan fingerprint density at radius 2 is 1.75 bits per heavy atom. The smallest absolute Gasteiger partial charge is 0.241 e. The molecule has 1 atom stereocenters. The summed E-state index contributed by atoms with van der Waals surface area (Å²) in [7, 11) is 0. The predicted molar refractivity (Wildman–Crippen MR) is 95.0 cm³/mol. The monoisotopic (exact) mass is 349 g/mol. The van der Waals surface area contributed by atoms with Gasteiger partial charge in [0.25, 0.3) is 0 Å². The van der Waals surface area contributed by atoms with E-state index in [0.29, 0.717) is 5.02 Å². The Morgan fingerprint density at radius 1 is 1.12 bits per heavy atom. The van der Waals surface area contributed by atoms with Crippen molar-refractivity contribution in [1.82, 2.24) is 10.2 Å². The van der Waals surface area contributed by atoms with Crippen molar-refractivity contribution in [2.24, 2.45) is 5.92 Å². The lowest BCUT2D eigenvalue weighted by Gasteiger charge is -2.35. The minimum atomic E-state index is -0.194. The number of hydrogen-bond donors (Lipinski definition) is 2. The van der Waals surface area contributed by atoms with Crippen LogP contribution < -0.4 is 10.6 Å². The highest BCUT2D eigenvalue weighted by atomic mass is 35.5. The molecule has 1 aliphatic heterocycles. The third-order valence-corrected chi connectivity index (χ3v) is 5.11. The number of anilines is 1. The summed E-state index contributed by atoms with van der Waals surface area (Å²) in [6.07, 6.45) is 3.87. The van der Waals surface area contributed by atoms with Gasteiger partial charge in [0.1, 0.15) is 0 Å².